The van der Waals surface area contributed by atoms with Crippen LogP contribution in [0.3, 0.4) is 0 Å². The van der Waals surface area contributed by atoms with Crippen LogP contribution in [0.2, 0.25) is 0 Å². The predicted octanol–water partition coefficient (Wildman–Crippen LogP) is 4.59. The van der Waals surface area contributed by atoms with Crippen LogP contribution in [0.4, 0.5) is 5.69 Å². The van der Waals surface area contributed by atoms with Crippen LogP contribution >= 0.6 is 11.8 Å². The monoisotopic (exact) mass is 289 g/mol. The molecular formula is C17H23NOS. The van der Waals surface area contributed by atoms with Gasteiger partial charge in [0.05, 0.1) is 18.0 Å². The van der Waals surface area contributed by atoms with Crippen molar-refractivity contribution in [1.82, 2.24) is 0 Å². The van der Waals surface area contributed by atoms with Crippen LogP contribution in [0.15, 0.2) is 65.1 Å². The normalized spacial score (nSPS) is 13.2. The summed E-state index contributed by atoms with van der Waals surface area (Å²) in [6.07, 6.45) is 4.90. The molecule has 0 saturated heterocycles. The molecule has 1 aliphatic rings. The van der Waals surface area contributed by atoms with Crippen molar-refractivity contribution in [3.63, 3.8) is 0 Å². The molecule has 20 heavy (non-hydrogen) atoms. The van der Waals surface area contributed by atoms with Crippen LogP contribution in [0.1, 0.15) is 20.3 Å². The molecule has 2 nitrogen and oxygen atoms in total. The number of allylic oxidation sites excluding steroid dienone is 2. The van der Waals surface area contributed by atoms with Crippen LogP contribution < -0.4 is 4.90 Å². The first-order valence-corrected chi connectivity index (χ1v) is 7.69. The fourth-order valence-corrected chi connectivity index (χ4v) is 2.95. The maximum absolute atomic E-state index is 9.19. The van der Waals surface area contributed by atoms with E-state index >= 15 is 0 Å². The number of benzene rings is 1. The molecule has 0 radical (unpaired) electrons. The second kappa shape index (κ2) is 8.67. The average Bonchev–Trinajstić information content (AvgIpc) is 2.47. The minimum Gasteiger partial charge on any atom is -0.395 e. The van der Waals surface area contributed by atoms with Crippen molar-refractivity contribution in [2.75, 3.05) is 18.1 Å². The summed E-state index contributed by atoms with van der Waals surface area (Å²) in [5, 5.41) is 9.19. The Labute approximate surface area is 126 Å². The van der Waals surface area contributed by atoms with Crippen LogP contribution in [0.5, 0.6) is 0 Å². The van der Waals surface area contributed by atoms with Gasteiger partial charge in [-0.3, -0.25) is 0 Å². The van der Waals surface area contributed by atoms with E-state index < -0.39 is 0 Å². The van der Waals surface area contributed by atoms with Gasteiger partial charge in [-0.2, -0.15) is 0 Å². The zero-order chi connectivity index (χ0) is 15.0. The number of para-hydroxylation sites is 1. The first kappa shape index (κ1) is 16.6. The van der Waals surface area contributed by atoms with Gasteiger partial charge in [-0.25, -0.2) is 0 Å². The summed E-state index contributed by atoms with van der Waals surface area (Å²) >= 11 is 1.69. The SMILES string of the molecule is C=CC1=C(C=C)N(CCO)c2ccccc2S1.CCC. The fourth-order valence-electron chi connectivity index (χ4n) is 1.90. The number of nitrogens with zero attached hydrogens (tertiary/aromatic N) is 1. The quantitative estimate of drug-likeness (QED) is 0.877. The molecule has 0 spiro atoms. The van der Waals surface area contributed by atoms with Crippen LogP contribution in [-0.2, 0) is 0 Å². The second-order valence-corrected chi connectivity index (χ2v) is 5.39. The van der Waals surface area contributed by atoms with E-state index in [0.717, 1.165) is 16.3 Å². The minimum atomic E-state index is 0.112. The zero-order valence-electron chi connectivity index (χ0n) is 12.3. The number of aliphatic hydroxyl groups excluding tert-OH is 1. The average molecular weight is 289 g/mol. The Morgan fingerprint density at radius 3 is 2.40 bits per heavy atom. The topological polar surface area (TPSA) is 23.5 Å². The Bertz CT molecular complexity index is 494. The lowest BCUT2D eigenvalue weighted by Crippen LogP contribution is -2.28. The van der Waals surface area contributed by atoms with E-state index in [9.17, 15) is 5.11 Å². The summed E-state index contributed by atoms with van der Waals surface area (Å²) in [6, 6.07) is 8.15. The van der Waals surface area contributed by atoms with E-state index in [0.29, 0.717) is 6.54 Å². The van der Waals surface area contributed by atoms with Gasteiger partial charge in [0.2, 0.25) is 0 Å². The highest BCUT2D eigenvalue weighted by Crippen LogP contribution is 2.43. The molecule has 1 heterocycles. The third-order valence-corrected chi connectivity index (χ3v) is 3.78. The molecular weight excluding hydrogens is 266 g/mol. The number of β-amino-alcohol motifs (C(OH)–C–C–N with tert-alkyl or cyclic N) is 1. The van der Waals surface area contributed by atoms with Crippen molar-refractivity contribution in [1.29, 1.82) is 0 Å². The van der Waals surface area contributed by atoms with Crippen LogP contribution in [-0.4, -0.2) is 18.3 Å². The van der Waals surface area contributed by atoms with Crippen LogP contribution in [0, 0.1) is 0 Å². The summed E-state index contributed by atoms with van der Waals surface area (Å²) in [5.41, 5.74) is 2.13. The third kappa shape index (κ3) is 3.78. The molecule has 0 aromatic heterocycles. The van der Waals surface area contributed by atoms with Gasteiger partial charge in [-0.1, -0.05) is 63.4 Å². The van der Waals surface area contributed by atoms with Crippen molar-refractivity contribution in [2.24, 2.45) is 0 Å². The number of aliphatic hydroxyl groups is 1. The van der Waals surface area contributed by atoms with Gasteiger partial charge < -0.3 is 10.0 Å². The van der Waals surface area contributed by atoms with Crippen molar-refractivity contribution in [3.8, 4) is 0 Å². The molecule has 1 aliphatic heterocycles. The van der Waals surface area contributed by atoms with E-state index in [1.54, 1.807) is 11.8 Å². The molecule has 0 amide bonds. The Morgan fingerprint density at radius 2 is 1.85 bits per heavy atom. The van der Waals surface area contributed by atoms with Gasteiger partial charge in [-0.15, -0.1) is 0 Å². The maximum atomic E-state index is 9.19. The number of thioether (sulfide) groups is 1. The number of anilines is 1. The van der Waals surface area contributed by atoms with Gasteiger partial charge in [-0.05, 0) is 18.2 Å². The summed E-state index contributed by atoms with van der Waals surface area (Å²) in [7, 11) is 0. The standard InChI is InChI=1S/C14H15NOS.C3H8/c1-3-11-13(4-2)17-14-8-6-5-7-12(14)15(11)9-10-16;1-3-2/h3-8,16H,1-2,9-10H2;3H2,1-2H3. The van der Waals surface area contributed by atoms with Gasteiger partial charge in [0.25, 0.3) is 0 Å². The Balaban J connectivity index is 0.000000612. The molecule has 1 N–H and O–H groups in total. The molecule has 1 aromatic rings. The highest BCUT2D eigenvalue weighted by atomic mass is 32.2. The van der Waals surface area contributed by atoms with E-state index in [1.165, 1.54) is 11.3 Å². The number of hydrogen-bond acceptors (Lipinski definition) is 3. The summed E-state index contributed by atoms with van der Waals surface area (Å²) < 4.78 is 0. The van der Waals surface area contributed by atoms with E-state index in [4.69, 9.17) is 0 Å². The largest absolute Gasteiger partial charge is 0.395 e. The Kier molecular flexibility index (Phi) is 7.20. The zero-order valence-corrected chi connectivity index (χ0v) is 13.1. The summed E-state index contributed by atoms with van der Waals surface area (Å²) in [6.45, 7) is 12.6. The molecule has 108 valence electrons. The first-order valence-electron chi connectivity index (χ1n) is 6.87. The van der Waals surface area contributed by atoms with E-state index in [-0.39, 0.29) is 6.61 Å². The van der Waals surface area contributed by atoms with Gasteiger partial charge in [0.1, 0.15) is 0 Å². The molecule has 0 aliphatic carbocycles. The molecule has 0 bridgehead atoms. The lowest BCUT2D eigenvalue weighted by Gasteiger charge is -2.32. The van der Waals surface area contributed by atoms with Gasteiger partial charge in [0.15, 0.2) is 0 Å². The van der Waals surface area contributed by atoms with Crippen molar-refractivity contribution in [2.45, 2.75) is 25.2 Å². The molecule has 0 atom stereocenters. The number of hydrogen-bond donors (Lipinski definition) is 1. The van der Waals surface area contributed by atoms with Crippen molar-refractivity contribution < 1.29 is 5.11 Å². The highest BCUT2D eigenvalue weighted by Gasteiger charge is 2.21. The van der Waals surface area contributed by atoms with Gasteiger partial charge >= 0.3 is 0 Å². The molecule has 0 saturated carbocycles. The first-order chi connectivity index (χ1) is 9.73. The Hall–Kier alpha value is -1.45. The van der Waals surface area contributed by atoms with E-state index in [1.807, 2.05) is 24.3 Å². The third-order valence-electron chi connectivity index (χ3n) is 2.62. The molecule has 3 heteroatoms. The molecule has 0 fully saturated rings. The summed E-state index contributed by atoms with van der Waals surface area (Å²) in [5.74, 6) is 0. The van der Waals surface area contributed by atoms with Crippen molar-refractivity contribution in [3.05, 3.63) is 60.2 Å². The lowest BCUT2D eigenvalue weighted by atomic mass is 10.2. The smallest absolute Gasteiger partial charge is 0.0610 e. The van der Waals surface area contributed by atoms with E-state index in [2.05, 4.69) is 44.0 Å². The van der Waals surface area contributed by atoms with Crippen molar-refractivity contribution >= 4 is 17.4 Å². The fraction of sp³-hybridized carbons (Fsp3) is 0.294. The number of fused-ring (bicyclic) bond motifs is 1. The van der Waals surface area contributed by atoms with Crippen LogP contribution in [0.25, 0.3) is 0 Å². The van der Waals surface area contributed by atoms with Gasteiger partial charge in [0, 0.05) is 16.3 Å². The minimum absolute atomic E-state index is 0.112. The molecule has 0 unspecified atom stereocenters. The predicted molar refractivity (Wildman–Crippen MR) is 90.1 cm³/mol. The second-order valence-electron chi connectivity index (χ2n) is 4.31. The number of rotatable bonds is 4. The summed E-state index contributed by atoms with van der Waals surface area (Å²) in [4.78, 5) is 4.34. The molecule has 1 aromatic carbocycles. The highest BCUT2D eigenvalue weighted by molar-refractivity contribution is 8.03. The lowest BCUT2D eigenvalue weighted by molar-refractivity contribution is 0.304. The molecule has 2 rings (SSSR count). The maximum Gasteiger partial charge on any atom is 0.0610 e. The Morgan fingerprint density at radius 1 is 1.20 bits per heavy atom.